The molecule has 3 nitrogen and oxygen atoms in total. The van der Waals surface area contributed by atoms with Crippen molar-refractivity contribution in [3.05, 3.63) is 35.7 Å². The Balaban J connectivity index is 2.45. The van der Waals surface area contributed by atoms with E-state index in [1.54, 1.807) is 0 Å². The molecule has 0 unspecified atom stereocenters. The van der Waals surface area contributed by atoms with Crippen LogP contribution < -0.4 is 5.73 Å². The van der Waals surface area contributed by atoms with Crippen LogP contribution in [0.2, 0.25) is 0 Å². The van der Waals surface area contributed by atoms with E-state index in [0.717, 1.165) is 35.5 Å². The van der Waals surface area contributed by atoms with Crippen LogP contribution in [0, 0.1) is 13.8 Å². The smallest absolute Gasteiger partial charge is 0.0672 e. The van der Waals surface area contributed by atoms with Crippen LogP contribution in [0.1, 0.15) is 24.6 Å². The Morgan fingerprint density at radius 1 is 1.24 bits per heavy atom. The predicted octanol–water partition coefficient (Wildman–Crippen LogP) is 3.16. The number of aryl methyl sites for hydroxylation is 3. The van der Waals surface area contributed by atoms with Crippen molar-refractivity contribution in [2.75, 3.05) is 5.73 Å². The van der Waals surface area contributed by atoms with Gasteiger partial charge in [-0.05, 0) is 31.9 Å². The number of anilines is 1. The van der Waals surface area contributed by atoms with Crippen LogP contribution in [0.15, 0.2) is 24.4 Å². The van der Waals surface area contributed by atoms with Crippen LogP contribution in [0.25, 0.3) is 11.1 Å². The molecule has 2 N–H and O–H groups in total. The number of aromatic nitrogens is 2. The first-order valence-corrected chi connectivity index (χ1v) is 6.02. The van der Waals surface area contributed by atoms with Crippen molar-refractivity contribution in [1.82, 2.24) is 9.78 Å². The number of benzene rings is 1. The van der Waals surface area contributed by atoms with E-state index in [4.69, 9.17) is 5.73 Å². The lowest BCUT2D eigenvalue weighted by Gasteiger charge is -2.05. The fourth-order valence-corrected chi connectivity index (χ4v) is 2.05. The number of hydrogen-bond donors (Lipinski definition) is 1. The highest BCUT2D eigenvalue weighted by atomic mass is 15.3. The number of rotatable bonds is 3. The lowest BCUT2D eigenvalue weighted by atomic mass is 10.0. The van der Waals surface area contributed by atoms with Crippen molar-refractivity contribution in [3.63, 3.8) is 0 Å². The summed E-state index contributed by atoms with van der Waals surface area (Å²) in [6.45, 7) is 7.18. The first-order chi connectivity index (χ1) is 8.11. The Labute approximate surface area is 102 Å². The molecule has 1 aromatic heterocycles. The van der Waals surface area contributed by atoms with Crippen molar-refractivity contribution in [1.29, 1.82) is 0 Å². The zero-order valence-electron chi connectivity index (χ0n) is 10.7. The van der Waals surface area contributed by atoms with Crippen LogP contribution in [-0.2, 0) is 6.54 Å². The van der Waals surface area contributed by atoms with E-state index >= 15 is 0 Å². The van der Waals surface area contributed by atoms with Crippen LogP contribution in [0.5, 0.6) is 0 Å². The summed E-state index contributed by atoms with van der Waals surface area (Å²) in [6, 6.07) is 6.17. The van der Waals surface area contributed by atoms with Gasteiger partial charge in [0.1, 0.15) is 0 Å². The summed E-state index contributed by atoms with van der Waals surface area (Å²) in [5.41, 5.74) is 11.3. The van der Waals surface area contributed by atoms with E-state index in [1.165, 1.54) is 5.56 Å². The number of nitrogens with two attached hydrogens (primary N) is 1. The van der Waals surface area contributed by atoms with Crippen LogP contribution in [-0.4, -0.2) is 9.78 Å². The van der Waals surface area contributed by atoms with Crippen molar-refractivity contribution >= 4 is 5.69 Å². The molecule has 0 fully saturated rings. The zero-order chi connectivity index (χ0) is 12.4. The van der Waals surface area contributed by atoms with Gasteiger partial charge in [-0.1, -0.05) is 19.1 Å². The maximum atomic E-state index is 6.07. The number of nitrogens with zero attached hydrogens (tertiary/aromatic N) is 2. The van der Waals surface area contributed by atoms with Gasteiger partial charge >= 0.3 is 0 Å². The lowest BCUT2D eigenvalue weighted by Crippen LogP contribution is -1.96. The summed E-state index contributed by atoms with van der Waals surface area (Å²) >= 11 is 0. The average Bonchev–Trinajstić information content (AvgIpc) is 2.60. The molecular weight excluding hydrogens is 210 g/mol. The zero-order valence-corrected chi connectivity index (χ0v) is 10.7. The van der Waals surface area contributed by atoms with Crippen molar-refractivity contribution in [2.24, 2.45) is 0 Å². The van der Waals surface area contributed by atoms with E-state index in [-0.39, 0.29) is 0 Å². The molecule has 0 saturated heterocycles. The molecule has 0 aliphatic rings. The first kappa shape index (κ1) is 11.7. The summed E-state index contributed by atoms with van der Waals surface area (Å²) < 4.78 is 1.99. The minimum atomic E-state index is 0.823. The maximum Gasteiger partial charge on any atom is 0.0672 e. The lowest BCUT2D eigenvalue weighted by molar-refractivity contribution is 0.598. The molecule has 2 aromatic rings. The minimum absolute atomic E-state index is 0.823. The van der Waals surface area contributed by atoms with Gasteiger partial charge < -0.3 is 5.73 Å². The highest BCUT2D eigenvalue weighted by Crippen LogP contribution is 2.28. The van der Waals surface area contributed by atoms with Gasteiger partial charge in [0, 0.05) is 29.6 Å². The summed E-state index contributed by atoms with van der Waals surface area (Å²) in [5, 5.41) is 4.50. The standard InChI is InChI=1S/C14H19N3/c1-4-7-17-9-13(11(3)16-17)12-6-5-10(2)8-14(12)15/h5-6,8-9H,4,7,15H2,1-3H3. The maximum absolute atomic E-state index is 6.07. The second-order valence-corrected chi connectivity index (χ2v) is 4.48. The van der Waals surface area contributed by atoms with E-state index in [0.29, 0.717) is 0 Å². The van der Waals surface area contributed by atoms with Crippen molar-refractivity contribution < 1.29 is 0 Å². The molecule has 1 aromatic carbocycles. The highest BCUT2D eigenvalue weighted by Gasteiger charge is 2.09. The SMILES string of the molecule is CCCn1cc(-c2ccc(C)cc2N)c(C)n1. The molecule has 2 rings (SSSR count). The normalized spacial score (nSPS) is 10.8. The number of hydrogen-bond acceptors (Lipinski definition) is 2. The Morgan fingerprint density at radius 2 is 2.00 bits per heavy atom. The fraction of sp³-hybridized carbons (Fsp3) is 0.357. The monoisotopic (exact) mass is 229 g/mol. The second kappa shape index (κ2) is 4.62. The largest absolute Gasteiger partial charge is 0.398 e. The van der Waals surface area contributed by atoms with Crippen molar-refractivity contribution in [2.45, 2.75) is 33.7 Å². The summed E-state index contributed by atoms with van der Waals surface area (Å²) in [6.07, 6.45) is 3.17. The van der Waals surface area contributed by atoms with Crippen LogP contribution in [0.3, 0.4) is 0 Å². The van der Waals surface area contributed by atoms with E-state index in [1.807, 2.05) is 24.6 Å². The Morgan fingerprint density at radius 3 is 2.65 bits per heavy atom. The van der Waals surface area contributed by atoms with E-state index in [2.05, 4.69) is 30.4 Å². The summed E-state index contributed by atoms with van der Waals surface area (Å²) in [4.78, 5) is 0. The average molecular weight is 229 g/mol. The Hall–Kier alpha value is -1.77. The quantitative estimate of drug-likeness (QED) is 0.822. The molecule has 0 bridgehead atoms. The molecule has 90 valence electrons. The minimum Gasteiger partial charge on any atom is -0.398 e. The van der Waals surface area contributed by atoms with Gasteiger partial charge in [-0.3, -0.25) is 4.68 Å². The highest BCUT2D eigenvalue weighted by molar-refractivity contribution is 5.77. The first-order valence-electron chi connectivity index (χ1n) is 6.02. The molecule has 0 aliphatic heterocycles. The van der Waals surface area contributed by atoms with Gasteiger partial charge in [0.25, 0.3) is 0 Å². The third-order valence-electron chi connectivity index (χ3n) is 2.90. The molecular formula is C14H19N3. The van der Waals surface area contributed by atoms with E-state index in [9.17, 15) is 0 Å². The molecule has 0 spiro atoms. The predicted molar refractivity (Wildman–Crippen MR) is 71.8 cm³/mol. The van der Waals surface area contributed by atoms with Gasteiger partial charge in [-0.2, -0.15) is 5.10 Å². The summed E-state index contributed by atoms with van der Waals surface area (Å²) in [5.74, 6) is 0. The third kappa shape index (κ3) is 2.33. The topological polar surface area (TPSA) is 43.8 Å². The second-order valence-electron chi connectivity index (χ2n) is 4.48. The molecule has 3 heteroatoms. The molecule has 1 heterocycles. The van der Waals surface area contributed by atoms with Crippen LogP contribution in [0.4, 0.5) is 5.69 Å². The van der Waals surface area contributed by atoms with Gasteiger partial charge in [0.05, 0.1) is 5.69 Å². The van der Waals surface area contributed by atoms with E-state index < -0.39 is 0 Å². The Bertz CT molecular complexity index is 526. The fourth-order valence-electron chi connectivity index (χ4n) is 2.05. The molecule has 0 aliphatic carbocycles. The molecule has 0 amide bonds. The summed E-state index contributed by atoms with van der Waals surface area (Å²) in [7, 11) is 0. The number of nitrogen functional groups attached to an aromatic ring is 1. The van der Waals surface area contributed by atoms with Gasteiger partial charge in [-0.25, -0.2) is 0 Å². The molecule has 0 atom stereocenters. The third-order valence-corrected chi connectivity index (χ3v) is 2.90. The van der Waals surface area contributed by atoms with Gasteiger partial charge in [0.15, 0.2) is 0 Å². The van der Waals surface area contributed by atoms with Gasteiger partial charge in [0.2, 0.25) is 0 Å². The van der Waals surface area contributed by atoms with Gasteiger partial charge in [-0.15, -0.1) is 0 Å². The molecule has 0 radical (unpaired) electrons. The van der Waals surface area contributed by atoms with Crippen molar-refractivity contribution in [3.8, 4) is 11.1 Å². The molecule has 17 heavy (non-hydrogen) atoms. The van der Waals surface area contributed by atoms with Crippen LogP contribution >= 0.6 is 0 Å². The molecule has 0 saturated carbocycles. The Kier molecular flexibility index (Phi) is 3.18.